The van der Waals surface area contributed by atoms with Crippen molar-refractivity contribution in [2.24, 2.45) is 0 Å². The second kappa shape index (κ2) is 8.07. The molecule has 4 rings (SSSR count). The number of ether oxygens (including phenoxy) is 1. The first-order valence-electron chi connectivity index (χ1n) is 9.89. The second-order valence-corrected chi connectivity index (χ2v) is 7.47. The van der Waals surface area contributed by atoms with E-state index >= 15 is 0 Å². The number of hydrogen-bond acceptors (Lipinski definition) is 5. The van der Waals surface area contributed by atoms with Gasteiger partial charge in [-0.3, -0.25) is 9.78 Å². The molecule has 3 aromatic rings. The van der Waals surface area contributed by atoms with Gasteiger partial charge >= 0.3 is 0 Å². The number of pyridine rings is 1. The second-order valence-electron chi connectivity index (χ2n) is 7.47. The summed E-state index contributed by atoms with van der Waals surface area (Å²) in [4.78, 5) is 19.4. The van der Waals surface area contributed by atoms with Crippen LogP contribution in [0.5, 0.6) is 5.75 Å². The molecule has 1 amide bonds. The zero-order chi connectivity index (χ0) is 20.4. The Morgan fingerprint density at radius 2 is 1.97 bits per heavy atom. The summed E-state index contributed by atoms with van der Waals surface area (Å²) < 4.78 is 10.5. The summed E-state index contributed by atoms with van der Waals surface area (Å²) in [6.07, 6.45) is 3.64. The molecule has 0 spiro atoms. The molecule has 1 saturated heterocycles. The first kappa shape index (κ1) is 19.2. The van der Waals surface area contributed by atoms with Gasteiger partial charge in [-0.2, -0.15) is 0 Å². The van der Waals surface area contributed by atoms with Crippen LogP contribution < -0.4 is 4.74 Å². The zero-order valence-electron chi connectivity index (χ0n) is 17.0. The Hall–Kier alpha value is -3.15. The lowest BCUT2D eigenvalue weighted by molar-refractivity contribution is 0.0711. The molecule has 6 heteroatoms. The number of methoxy groups -OCH3 is 1. The van der Waals surface area contributed by atoms with Crippen molar-refractivity contribution < 1.29 is 14.1 Å². The van der Waals surface area contributed by atoms with Crippen LogP contribution in [0, 0.1) is 13.8 Å². The van der Waals surface area contributed by atoms with E-state index in [1.165, 1.54) is 0 Å². The average molecular weight is 391 g/mol. The Labute approximate surface area is 170 Å². The molecule has 1 aliphatic heterocycles. The fraction of sp³-hybridized carbons (Fsp3) is 0.348. The van der Waals surface area contributed by atoms with Crippen molar-refractivity contribution in [2.75, 3.05) is 20.2 Å². The monoisotopic (exact) mass is 391 g/mol. The standard InChI is InChI=1S/C23H25N3O3/c1-15-22(16(2)29-25-15)18-7-10-24-21(14-18)17-8-11-26(12-9-17)23(27)19-5-4-6-20(13-19)28-3/h4-7,10,13-14,17H,8-9,11-12H2,1-3H3. The first-order valence-corrected chi connectivity index (χ1v) is 9.89. The lowest BCUT2D eigenvalue weighted by Gasteiger charge is -2.32. The number of carbonyl (C=O) groups excluding carboxylic acids is 1. The molecular formula is C23H25N3O3. The van der Waals surface area contributed by atoms with Gasteiger partial charge in [0.25, 0.3) is 5.91 Å². The molecule has 0 atom stereocenters. The molecule has 1 aromatic carbocycles. The van der Waals surface area contributed by atoms with Crippen molar-refractivity contribution in [2.45, 2.75) is 32.6 Å². The molecule has 2 aromatic heterocycles. The number of amides is 1. The number of likely N-dealkylation sites (tertiary alicyclic amines) is 1. The SMILES string of the molecule is COc1cccc(C(=O)N2CCC(c3cc(-c4c(C)noc4C)ccn3)CC2)c1. The third-order valence-electron chi connectivity index (χ3n) is 5.62. The Morgan fingerprint density at radius 3 is 2.66 bits per heavy atom. The molecule has 0 saturated carbocycles. The largest absolute Gasteiger partial charge is 0.497 e. The Balaban J connectivity index is 1.46. The van der Waals surface area contributed by atoms with Crippen molar-refractivity contribution in [1.82, 2.24) is 15.0 Å². The predicted octanol–water partition coefficient (Wildman–Crippen LogP) is 4.38. The summed E-state index contributed by atoms with van der Waals surface area (Å²) in [7, 11) is 1.61. The number of hydrogen-bond donors (Lipinski definition) is 0. The van der Waals surface area contributed by atoms with E-state index in [0.29, 0.717) is 17.2 Å². The van der Waals surface area contributed by atoms with Crippen molar-refractivity contribution in [1.29, 1.82) is 0 Å². The van der Waals surface area contributed by atoms with E-state index in [0.717, 1.165) is 54.2 Å². The van der Waals surface area contributed by atoms with Gasteiger partial charge < -0.3 is 14.2 Å². The Kier molecular flexibility index (Phi) is 5.34. The van der Waals surface area contributed by atoms with Crippen LogP contribution in [-0.2, 0) is 0 Å². The molecule has 1 fully saturated rings. The quantitative estimate of drug-likeness (QED) is 0.660. The average Bonchev–Trinajstić information content (AvgIpc) is 3.11. The van der Waals surface area contributed by atoms with Crippen molar-refractivity contribution in [3.8, 4) is 16.9 Å². The minimum atomic E-state index is 0.0554. The summed E-state index contributed by atoms with van der Waals surface area (Å²) in [6.45, 7) is 5.32. The highest BCUT2D eigenvalue weighted by atomic mass is 16.5. The summed E-state index contributed by atoms with van der Waals surface area (Å²) in [5.74, 6) is 1.91. The normalized spacial score (nSPS) is 14.8. The minimum absolute atomic E-state index is 0.0554. The number of carbonyl (C=O) groups is 1. The predicted molar refractivity (Wildman–Crippen MR) is 110 cm³/mol. The van der Waals surface area contributed by atoms with Gasteiger partial charge in [0, 0.05) is 42.0 Å². The number of aromatic nitrogens is 2. The fourth-order valence-corrected chi connectivity index (χ4v) is 4.04. The maximum absolute atomic E-state index is 12.8. The molecule has 0 bridgehead atoms. The van der Waals surface area contributed by atoms with Gasteiger partial charge in [0.15, 0.2) is 0 Å². The van der Waals surface area contributed by atoms with Crippen LogP contribution in [0.3, 0.4) is 0 Å². The lowest BCUT2D eigenvalue weighted by atomic mass is 9.91. The molecule has 0 N–H and O–H groups in total. The van der Waals surface area contributed by atoms with E-state index in [1.807, 2.05) is 49.2 Å². The molecule has 3 heterocycles. The molecule has 0 unspecified atom stereocenters. The third-order valence-corrected chi connectivity index (χ3v) is 5.62. The van der Waals surface area contributed by atoms with Crippen LogP contribution in [-0.4, -0.2) is 41.1 Å². The Morgan fingerprint density at radius 1 is 1.17 bits per heavy atom. The Bertz CT molecular complexity index is 1000. The van der Waals surface area contributed by atoms with Gasteiger partial charge in [0.2, 0.25) is 0 Å². The van der Waals surface area contributed by atoms with E-state index in [1.54, 1.807) is 13.2 Å². The molecule has 0 radical (unpaired) electrons. The highest BCUT2D eigenvalue weighted by Crippen LogP contribution is 2.32. The lowest BCUT2D eigenvalue weighted by Crippen LogP contribution is -2.38. The number of nitrogens with zero attached hydrogens (tertiary/aromatic N) is 3. The van der Waals surface area contributed by atoms with Gasteiger partial charge in [-0.15, -0.1) is 0 Å². The summed E-state index contributed by atoms with van der Waals surface area (Å²) in [5.41, 5.74) is 4.75. The van der Waals surface area contributed by atoms with Gasteiger partial charge in [0.05, 0.1) is 12.8 Å². The van der Waals surface area contributed by atoms with Crippen LogP contribution in [0.1, 0.15) is 46.3 Å². The highest BCUT2D eigenvalue weighted by molar-refractivity contribution is 5.94. The molecule has 0 aliphatic carbocycles. The van der Waals surface area contributed by atoms with E-state index < -0.39 is 0 Å². The van der Waals surface area contributed by atoms with E-state index in [-0.39, 0.29) is 5.91 Å². The van der Waals surface area contributed by atoms with Crippen molar-refractivity contribution in [3.05, 3.63) is 65.3 Å². The molecular weight excluding hydrogens is 366 g/mol. The minimum Gasteiger partial charge on any atom is -0.497 e. The van der Waals surface area contributed by atoms with Gasteiger partial charge in [-0.25, -0.2) is 0 Å². The van der Waals surface area contributed by atoms with Crippen LogP contribution >= 0.6 is 0 Å². The zero-order valence-corrected chi connectivity index (χ0v) is 17.0. The van der Waals surface area contributed by atoms with E-state index in [9.17, 15) is 4.79 Å². The van der Waals surface area contributed by atoms with Crippen molar-refractivity contribution >= 4 is 5.91 Å². The fourth-order valence-electron chi connectivity index (χ4n) is 4.04. The maximum Gasteiger partial charge on any atom is 0.253 e. The molecule has 6 nitrogen and oxygen atoms in total. The number of piperidine rings is 1. The van der Waals surface area contributed by atoms with Crippen molar-refractivity contribution in [3.63, 3.8) is 0 Å². The van der Waals surface area contributed by atoms with Crippen LogP contribution in [0.4, 0.5) is 0 Å². The molecule has 150 valence electrons. The maximum atomic E-state index is 12.8. The van der Waals surface area contributed by atoms with Crippen LogP contribution in [0.15, 0.2) is 47.1 Å². The molecule has 1 aliphatic rings. The van der Waals surface area contributed by atoms with Gasteiger partial charge in [-0.05, 0) is 62.6 Å². The van der Waals surface area contributed by atoms with E-state index in [4.69, 9.17) is 9.26 Å². The third kappa shape index (κ3) is 3.88. The molecule has 29 heavy (non-hydrogen) atoms. The van der Waals surface area contributed by atoms with Crippen LogP contribution in [0.2, 0.25) is 0 Å². The summed E-state index contributed by atoms with van der Waals surface area (Å²) in [6, 6.07) is 11.5. The highest BCUT2D eigenvalue weighted by Gasteiger charge is 2.26. The van der Waals surface area contributed by atoms with Gasteiger partial charge in [-0.1, -0.05) is 11.2 Å². The van der Waals surface area contributed by atoms with E-state index in [2.05, 4.69) is 16.2 Å². The number of aryl methyl sites for hydroxylation is 2. The topological polar surface area (TPSA) is 68.5 Å². The smallest absolute Gasteiger partial charge is 0.253 e. The summed E-state index contributed by atoms with van der Waals surface area (Å²) in [5, 5.41) is 4.06. The van der Waals surface area contributed by atoms with Crippen LogP contribution in [0.25, 0.3) is 11.1 Å². The number of benzene rings is 1. The first-order chi connectivity index (χ1) is 14.1. The van der Waals surface area contributed by atoms with Gasteiger partial charge in [0.1, 0.15) is 11.5 Å². The summed E-state index contributed by atoms with van der Waals surface area (Å²) >= 11 is 0. The number of rotatable bonds is 4.